The van der Waals surface area contributed by atoms with Gasteiger partial charge in [0.25, 0.3) is 0 Å². The quantitative estimate of drug-likeness (QED) is 0.876. The highest BCUT2D eigenvalue weighted by atomic mass is 35.5. The van der Waals surface area contributed by atoms with Gasteiger partial charge in [-0.25, -0.2) is 4.39 Å². The number of carboxylic acid groups (broad SMARTS) is 1. The predicted octanol–water partition coefficient (Wildman–Crippen LogP) is 1.50. The molecule has 1 aliphatic rings. The summed E-state index contributed by atoms with van der Waals surface area (Å²) < 4.78 is 13.0. The van der Waals surface area contributed by atoms with Gasteiger partial charge in [-0.15, -0.1) is 0 Å². The smallest absolute Gasteiger partial charge is 0.321 e. The summed E-state index contributed by atoms with van der Waals surface area (Å²) in [5.41, 5.74) is 0.724. The number of likely N-dealkylation sites (tertiary alicyclic amines) is 1. The van der Waals surface area contributed by atoms with E-state index in [1.165, 1.54) is 12.1 Å². The van der Waals surface area contributed by atoms with Crippen LogP contribution in [-0.4, -0.2) is 39.8 Å². The standard InChI is InChI=1S/C12H13ClFNO3/c13-9-3-7(1-2-10(9)14)5-15-6-8(16)4-11(15)12(17)18/h1-3,8,11,16H,4-6H2,(H,17,18). The molecule has 4 nitrogen and oxygen atoms in total. The molecule has 0 bridgehead atoms. The lowest BCUT2D eigenvalue weighted by atomic mass is 10.1. The van der Waals surface area contributed by atoms with E-state index in [0.717, 1.165) is 5.56 Å². The van der Waals surface area contributed by atoms with E-state index in [-0.39, 0.29) is 11.4 Å². The van der Waals surface area contributed by atoms with Crippen molar-refractivity contribution in [2.45, 2.75) is 25.1 Å². The van der Waals surface area contributed by atoms with Gasteiger partial charge in [-0.1, -0.05) is 17.7 Å². The Labute approximate surface area is 109 Å². The number of rotatable bonds is 3. The zero-order valence-electron chi connectivity index (χ0n) is 9.51. The van der Waals surface area contributed by atoms with Gasteiger partial charge in [-0.3, -0.25) is 9.69 Å². The lowest BCUT2D eigenvalue weighted by molar-refractivity contribution is -0.142. The molecule has 6 heteroatoms. The SMILES string of the molecule is O=C(O)C1CC(O)CN1Cc1ccc(F)c(Cl)c1. The number of carbonyl (C=O) groups is 1. The summed E-state index contributed by atoms with van der Waals surface area (Å²) in [5, 5.41) is 18.6. The third kappa shape index (κ3) is 2.80. The maximum atomic E-state index is 13.0. The van der Waals surface area contributed by atoms with Crippen LogP contribution in [0.3, 0.4) is 0 Å². The molecule has 0 radical (unpaired) electrons. The van der Waals surface area contributed by atoms with Gasteiger partial charge in [0.1, 0.15) is 11.9 Å². The van der Waals surface area contributed by atoms with E-state index in [1.54, 1.807) is 11.0 Å². The van der Waals surface area contributed by atoms with Gasteiger partial charge in [0.05, 0.1) is 11.1 Å². The molecule has 1 aromatic rings. The van der Waals surface area contributed by atoms with Crippen molar-refractivity contribution in [3.05, 3.63) is 34.6 Å². The number of β-amino-alcohol motifs (C(OH)–C–C–N with tert-alkyl or cyclic N) is 1. The topological polar surface area (TPSA) is 60.8 Å². The number of aliphatic carboxylic acids is 1. The van der Waals surface area contributed by atoms with Gasteiger partial charge >= 0.3 is 5.97 Å². The number of aliphatic hydroxyl groups is 1. The second-order valence-corrected chi connectivity index (χ2v) is 4.83. The van der Waals surface area contributed by atoms with Gasteiger partial charge < -0.3 is 10.2 Å². The van der Waals surface area contributed by atoms with Gasteiger partial charge in [0, 0.05) is 19.5 Å². The molecule has 18 heavy (non-hydrogen) atoms. The fraction of sp³-hybridized carbons (Fsp3) is 0.417. The Hall–Kier alpha value is -1.17. The molecule has 0 amide bonds. The molecule has 98 valence electrons. The van der Waals surface area contributed by atoms with E-state index in [2.05, 4.69) is 0 Å². The summed E-state index contributed by atoms with van der Waals surface area (Å²) in [5.74, 6) is -1.46. The molecule has 0 aromatic heterocycles. The lowest BCUT2D eigenvalue weighted by Gasteiger charge is -2.20. The first-order chi connectivity index (χ1) is 8.47. The van der Waals surface area contributed by atoms with Crippen LogP contribution >= 0.6 is 11.6 Å². The predicted molar refractivity (Wildman–Crippen MR) is 63.9 cm³/mol. The van der Waals surface area contributed by atoms with Crippen LogP contribution in [0.5, 0.6) is 0 Å². The van der Waals surface area contributed by atoms with E-state index < -0.39 is 23.9 Å². The minimum absolute atomic E-state index is 0.0131. The van der Waals surface area contributed by atoms with Crippen LogP contribution in [0.1, 0.15) is 12.0 Å². The molecule has 1 heterocycles. The second kappa shape index (κ2) is 5.22. The summed E-state index contributed by atoms with van der Waals surface area (Å²) in [6.07, 6.45) is -0.424. The van der Waals surface area contributed by atoms with Crippen molar-refractivity contribution >= 4 is 17.6 Å². The summed E-state index contributed by atoms with van der Waals surface area (Å²) in [6, 6.07) is 3.58. The van der Waals surface area contributed by atoms with Crippen LogP contribution in [0.15, 0.2) is 18.2 Å². The van der Waals surface area contributed by atoms with Crippen molar-refractivity contribution in [2.75, 3.05) is 6.54 Å². The van der Waals surface area contributed by atoms with Crippen LogP contribution in [0.4, 0.5) is 4.39 Å². The number of aliphatic hydroxyl groups excluding tert-OH is 1. The van der Waals surface area contributed by atoms with E-state index in [9.17, 15) is 14.3 Å². The van der Waals surface area contributed by atoms with Crippen molar-refractivity contribution in [1.29, 1.82) is 0 Å². The number of benzene rings is 1. The largest absolute Gasteiger partial charge is 0.480 e. The number of nitrogens with zero attached hydrogens (tertiary/aromatic N) is 1. The first-order valence-corrected chi connectivity index (χ1v) is 5.94. The Bertz CT molecular complexity index is 469. The molecule has 1 saturated heterocycles. The first-order valence-electron chi connectivity index (χ1n) is 5.56. The third-order valence-corrected chi connectivity index (χ3v) is 3.33. The molecular formula is C12H13ClFNO3. The average Bonchev–Trinajstić information content (AvgIpc) is 2.65. The van der Waals surface area contributed by atoms with Gasteiger partial charge in [0.15, 0.2) is 0 Å². The Morgan fingerprint density at radius 1 is 1.56 bits per heavy atom. The molecule has 1 aliphatic heterocycles. The zero-order valence-corrected chi connectivity index (χ0v) is 10.3. The Kier molecular flexibility index (Phi) is 3.85. The molecule has 2 N–H and O–H groups in total. The molecule has 2 rings (SSSR count). The molecule has 2 unspecified atom stereocenters. The fourth-order valence-corrected chi connectivity index (χ4v) is 2.39. The van der Waals surface area contributed by atoms with Crippen molar-refractivity contribution in [3.8, 4) is 0 Å². The van der Waals surface area contributed by atoms with Crippen LogP contribution in [0.25, 0.3) is 0 Å². The van der Waals surface area contributed by atoms with E-state index in [4.69, 9.17) is 16.7 Å². The van der Waals surface area contributed by atoms with Crippen molar-refractivity contribution in [1.82, 2.24) is 4.90 Å². The average molecular weight is 274 g/mol. The van der Waals surface area contributed by atoms with Crippen LogP contribution in [0, 0.1) is 5.82 Å². The third-order valence-electron chi connectivity index (χ3n) is 3.04. The number of hydrogen-bond donors (Lipinski definition) is 2. The summed E-state index contributed by atoms with van der Waals surface area (Å²) >= 11 is 5.67. The van der Waals surface area contributed by atoms with Gasteiger partial charge in [-0.05, 0) is 17.7 Å². The van der Waals surface area contributed by atoms with E-state index in [0.29, 0.717) is 13.1 Å². The maximum absolute atomic E-state index is 13.0. The van der Waals surface area contributed by atoms with E-state index >= 15 is 0 Å². The van der Waals surface area contributed by atoms with Gasteiger partial charge in [-0.2, -0.15) is 0 Å². The second-order valence-electron chi connectivity index (χ2n) is 4.42. The number of halogens is 2. The highest BCUT2D eigenvalue weighted by Gasteiger charge is 2.35. The zero-order chi connectivity index (χ0) is 13.3. The fourth-order valence-electron chi connectivity index (χ4n) is 2.18. The van der Waals surface area contributed by atoms with E-state index in [1.807, 2.05) is 0 Å². The molecule has 0 aliphatic carbocycles. The summed E-state index contributed by atoms with van der Waals surface area (Å²) in [7, 11) is 0. The molecule has 1 fully saturated rings. The van der Waals surface area contributed by atoms with Crippen molar-refractivity contribution < 1.29 is 19.4 Å². The minimum atomic E-state index is -0.959. The normalized spacial score (nSPS) is 24.4. The number of hydrogen-bond acceptors (Lipinski definition) is 3. The monoisotopic (exact) mass is 273 g/mol. The van der Waals surface area contributed by atoms with Crippen molar-refractivity contribution in [3.63, 3.8) is 0 Å². The maximum Gasteiger partial charge on any atom is 0.321 e. The molecule has 1 aromatic carbocycles. The Balaban J connectivity index is 2.12. The molecular weight excluding hydrogens is 261 g/mol. The minimum Gasteiger partial charge on any atom is -0.480 e. The lowest BCUT2D eigenvalue weighted by Crippen LogP contribution is -2.35. The first kappa shape index (κ1) is 13.3. The Morgan fingerprint density at radius 2 is 2.28 bits per heavy atom. The van der Waals surface area contributed by atoms with Crippen LogP contribution in [-0.2, 0) is 11.3 Å². The van der Waals surface area contributed by atoms with Gasteiger partial charge in [0.2, 0.25) is 0 Å². The highest BCUT2D eigenvalue weighted by molar-refractivity contribution is 6.30. The summed E-state index contributed by atoms with van der Waals surface area (Å²) in [6.45, 7) is 0.625. The molecule has 0 spiro atoms. The molecule has 0 saturated carbocycles. The number of carboxylic acids is 1. The summed E-state index contributed by atoms with van der Waals surface area (Å²) in [4.78, 5) is 12.7. The Morgan fingerprint density at radius 3 is 2.89 bits per heavy atom. The highest BCUT2D eigenvalue weighted by Crippen LogP contribution is 2.23. The van der Waals surface area contributed by atoms with Crippen molar-refractivity contribution in [2.24, 2.45) is 0 Å². The molecule has 2 atom stereocenters. The van der Waals surface area contributed by atoms with Crippen LogP contribution in [0.2, 0.25) is 5.02 Å². The van der Waals surface area contributed by atoms with Crippen LogP contribution < -0.4 is 0 Å².